The van der Waals surface area contributed by atoms with Crippen LogP contribution >= 0.6 is 0 Å². The number of hydrogen-bond donors (Lipinski definition) is 1. The molecule has 4 aromatic rings. The molecule has 0 saturated heterocycles. The summed E-state index contributed by atoms with van der Waals surface area (Å²) in [6.45, 7) is 6.08. The molecule has 0 aliphatic rings. The van der Waals surface area contributed by atoms with Gasteiger partial charge in [-0.25, -0.2) is 9.78 Å². The highest BCUT2D eigenvalue weighted by Gasteiger charge is 2.12. The topological polar surface area (TPSA) is 93.9 Å². The average Bonchev–Trinajstić information content (AvgIpc) is 3.26. The Hall–Kier alpha value is -4.37. The predicted octanol–water partition coefficient (Wildman–Crippen LogP) is 5.94. The van der Waals surface area contributed by atoms with Crippen molar-refractivity contribution in [1.29, 1.82) is 5.26 Å². The minimum Gasteiger partial charge on any atom is -0.444 e. The summed E-state index contributed by atoms with van der Waals surface area (Å²) in [5, 5.41) is 8.92. The van der Waals surface area contributed by atoms with E-state index in [1.807, 2.05) is 42.9 Å². The third-order valence-corrected chi connectivity index (χ3v) is 5.09. The van der Waals surface area contributed by atoms with Crippen molar-refractivity contribution in [2.45, 2.75) is 39.3 Å². The highest BCUT2D eigenvalue weighted by molar-refractivity contribution is 5.65. The number of amides is 1. The SMILES string of the molecule is CC(C)(C)OC(N)=O.N#Cc1ccc(Cc2cncn2Cc2ccc(-c3ccccc3)cc2)cc1. The molecule has 4 rings (SSSR count). The molecule has 1 heterocycles. The second kappa shape index (κ2) is 11.7. The molecule has 3 aromatic carbocycles. The van der Waals surface area contributed by atoms with Gasteiger partial charge in [-0.15, -0.1) is 0 Å². The summed E-state index contributed by atoms with van der Waals surface area (Å²) in [6, 6.07) is 29.0. The van der Waals surface area contributed by atoms with E-state index in [9.17, 15) is 4.79 Å². The van der Waals surface area contributed by atoms with Crippen molar-refractivity contribution in [2.75, 3.05) is 0 Å². The van der Waals surface area contributed by atoms with Crippen LogP contribution in [-0.4, -0.2) is 21.2 Å². The minimum absolute atomic E-state index is 0.453. The molecule has 0 saturated carbocycles. The van der Waals surface area contributed by atoms with Crippen molar-refractivity contribution < 1.29 is 9.53 Å². The molecule has 178 valence electrons. The highest BCUT2D eigenvalue weighted by atomic mass is 16.6. The van der Waals surface area contributed by atoms with Gasteiger partial charge in [-0.2, -0.15) is 5.26 Å². The van der Waals surface area contributed by atoms with Crippen LogP contribution in [0.15, 0.2) is 91.4 Å². The van der Waals surface area contributed by atoms with Crippen molar-refractivity contribution in [3.63, 3.8) is 0 Å². The minimum atomic E-state index is -0.725. The summed E-state index contributed by atoms with van der Waals surface area (Å²) in [5.41, 5.74) is 11.0. The van der Waals surface area contributed by atoms with Crippen LogP contribution in [-0.2, 0) is 17.7 Å². The summed E-state index contributed by atoms with van der Waals surface area (Å²) >= 11 is 0. The highest BCUT2D eigenvalue weighted by Crippen LogP contribution is 2.20. The molecule has 0 fully saturated rings. The van der Waals surface area contributed by atoms with Crippen LogP contribution in [0.3, 0.4) is 0 Å². The van der Waals surface area contributed by atoms with E-state index in [4.69, 9.17) is 11.0 Å². The van der Waals surface area contributed by atoms with Gasteiger partial charge in [0.15, 0.2) is 0 Å². The number of imidazole rings is 1. The van der Waals surface area contributed by atoms with Crippen molar-refractivity contribution in [1.82, 2.24) is 9.55 Å². The van der Waals surface area contributed by atoms with E-state index in [0.29, 0.717) is 5.56 Å². The van der Waals surface area contributed by atoms with E-state index in [1.54, 1.807) is 20.8 Å². The zero-order valence-electron chi connectivity index (χ0n) is 20.3. The number of ether oxygens (including phenoxy) is 1. The van der Waals surface area contributed by atoms with Gasteiger partial charge in [-0.1, -0.05) is 66.7 Å². The number of aromatic nitrogens is 2. The van der Waals surface area contributed by atoms with Crippen molar-refractivity contribution >= 4 is 6.09 Å². The zero-order valence-corrected chi connectivity index (χ0v) is 20.3. The Morgan fingerprint density at radius 3 is 2.09 bits per heavy atom. The normalized spacial score (nSPS) is 10.6. The number of benzene rings is 3. The molecule has 6 nitrogen and oxygen atoms in total. The van der Waals surface area contributed by atoms with Gasteiger partial charge in [0.1, 0.15) is 5.60 Å². The number of rotatable bonds is 5. The van der Waals surface area contributed by atoms with Gasteiger partial charge in [-0.05, 0) is 55.2 Å². The molecule has 0 aliphatic carbocycles. The Morgan fingerprint density at radius 1 is 0.943 bits per heavy atom. The lowest BCUT2D eigenvalue weighted by atomic mass is 10.0. The van der Waals surface area contributed by atoms with Crippen LogP contribution in [0.5, 0.6) is 0 Å². The molecular formula is C29H30N4O2. The first-order valence-corrected chi connectivity index (χ1v) is 11.3. The molecule has 0 bridgehead atoms. The summed E-state index contributed by atoms with van der Waals surface area (Å²) in [5.74, 6) is 0. The van der Waals surface area contributed by atoms with E-state index >= 15 is 0 Å². The van der Waals surface area contributed by atoms with Gasteiger partial charge in [0.05, 0.1) is 18.0 Å². The summed E-state index contributed by atoms with van der Waals surface area (Å²) < 4.78 is 6.75. The first-order chi connectivity index (χ1) is 16.7. The summed E-state index contributed by atoms with van der Waals surface area (Å²) in [6.07, 6.45) is 3.87. The molecule has 0 radical (unpaired) electrons. The van der Waals surface area contributed by atoms with E-state index in [1.165, 1.54) is 22.3 Å². The standard InChI is InChI=1S/C24H19N3.C5H11NO2/c25-15-20-8-6-19(7-9-20)14-24-16-26-18-27(24)17-21-10-12-23(13-11-21)22-4-2-1-3-5-22;1-5(2,3)8-4(6)7/h1-13,16,18H,14,17H2;1-3H3,(H2,6,7). The second-order valence-corrected chi connectivity index (χ2v) is 9.09. The molecule has 1 amide bonds. The predicted molar refractivity (Wildman–Crippen MR) is 138 cm³/mol. The molecule has 35 heavy (non-hydrogen) atoms. The van der Waals surface area contributed by atoms with Crippen LogP contribution < -0.4 is 5.73 Å². The van der Waals surface area contributed by atoms with E-state index in [0.717, 1.165) is 18.7 Å². The van der Waals surface area contributed by atoms with Gasteiger partial charge in [0.25, 0.3) is 0 Å². The summed E-state index contributed by atoms with van der Waals surface area (Å²) in [4.78, 5) is 14.3. The van der Waals surface area contributed by atoms with E-state index < -0.39 is 11.7 Å². The van der Waals surface area contributed by atoms with E-state index in [2.05, 4.69) is 68.9 Å². The number of nitriles is 1. The van der Waals surface area contributed by atoms with Crippen LogP contribution in [0.4, 0.5) is 4.79 Å². The maximum atomic E-state index is 10.0. The number of carbonyl (C=O) groups excluding carboxylic acids is 1. The Labute approximate surface area is 206 Å². The van der Waals surface area contributed by atoms with Crippen molar-refractivity contribution in [3.8, 4) is 17.2 Å². The molecule has 2 N–H and O–H groups in total. The first kappa shape index (κ1) is 25.3. The maximum Gasteiger partial charge on any atom is 0.405 e. The quantitative estimate of drug-likeness (QED) is 0.394. The monoisotopic (exact) mass is 466 g/mol. The Kier molecular flexibility index (Phi) is 8.42. The lowest BCUT2D eigenvalue weighted by Gasteiger charge is -2.16. The number of nitrogens with two attached hydrogens (primary N) is 1. The lowest BCUT2D eigenvalue weighted by molar-refractivity contribution is 0.0600. The van der Waals surface area contributed by atoms with Crippen molar-refractivity contribution in [2.24, 2.45) is 5.73 Å². The van der Waals surface area contributed by atoms with Gasteiger partial charge in [0.2, 0.25) is 0 Å². The first-order valence-electron chi connectivity index (χ1n) is 11.3. The maximum absolute atomic E-state index is 10.0. The Morgan fingerprint density at radius 2 is 1.54 bits per heavy atom. The molecule has 0 aliphatic heterocycles. The van der Waals surface area contributed by atoms with Crippen molar-refractivity contribution in [3.05, 3.63) is 114 Å². The Balaban J connectivity index is 0.000000371. The fourth-order valence-corrected chi connectivity index (χ4v) is 3.48. The van der Waals surface area contributed by atoms with E-state index in [-0.39, 0.29) is 0 Å². The van der Waals surface area contributed by atoms with Crippen LogP contribution in [0.1, 0.15) is 43.2 Å². The number of nitrogens with zero attached hydrogens (tertiary/aromatic N) is 3. The third-order valence-electron chi connectivity index (χ3n) is 5.09. The smallest absolute Gasteiger partial charge is 0.405 e. The molecule has 0 atom stereocenters. The Bertz CT molecular complexity index is 1260. The fourth-order valence-electron chi connectivity index (χ4n) is 3.48. The molecule has 6 heteroatoms. The molecule has 0 spiro atoms. The number of primary amides is 1. The van der Waals surface area contributed by atoms with Gasteiger partial charge < -0.3 is 15.0 Å². The summed E-state index contributed by atoms with van der Waals surface area (Å²) in [7, 11) is 0. The molecule has 1 aromatic heterocycles. The van der Waals surface area contributed by atoms with Crippen LogP contribution in [0.25, 0.3) is 11.1 Å². The van der Waals surface area contributed by atoms with Crippen LogP contribution in [0.2, 0.25) is 0 Å². The molecular weight excluding hydrogens is 436 g/mol. The second-order valence-electron chi connectivity index (χ2n) is 9.09. The lowest BCUT2D eigenvalue weighted by Crippen LogP contribution is -2.27. The van der Waals surface area contributed by atoms with Gasteiger partial charge in [-0.3, -0.25) is 0 Å². The number of carbonyl (C=O) groups is 1. The van der Waals surface area contributed by atoms with Gasteiger partial charge >= 0.3 is 6.09 Å². The fraction of sp³-hybridized carbons (Fsp3) is 0.207. The zero-order chi connectivity index (χ0) is 25.3. The van der Waals surface area contributed by atoms with Gasteiger partial charge in [0, 0.05) is 24.9 Å². The average molecular weight is 467 g/mol. The number of hydrogen-bond acceptors (Lipinski definition) is 4. The largest absolute Gasteiger partial charge is 0.444 e. The van der Waals surface area contributed by atoms with Crippen LogP contribution in [0, 0.1) is 11.3 Å². The molecule has 0 unspecified atom stereocenters. The third kappa shape index (κ3) is 8.17.